The van der Waals surface area contributed by atoms with Gasteiger partial charge in [-0.25, -0.2) is 8.42 Å². The van der Waals surface area contributed by atoms with Crippen LogP contribution in [-0.4, -0.2) is 59.9 Å². The lowest BCUT2D eigenvalue weighted by molar-refractivity contribution is -0.137. The van der Waals surface area contributed by atoms with Crippen molar-refractivity contribution in [2.24, 2.45) is 0 Å². The molecule has 1 amide bonds. The van der Waals surface area contributed by atoms with E-state index in [1.54, 1.807) is 6.07 Å². The third-order valence-corrected chi connectivity index (χ3v) is 7.47. The fraction of sp³-hybridized carbons (Fsp3) is 0.444. The highest BCUT2D eigenvalue weighted by Crippen LogP contribution is 2.39. The molecule has 1 N–H and O–H groups in total. The molecule has 162 valence electrons. The molecule has 0 unspecified atom stereocenters. The van der Waals surface area contributed by atoms with Crippen LogP contribution in [0.25, 0.3) is 0 Å². The number of amides is 1. The quantitative estimate of drug-likeness (QED) is 0.756. The maximum Gasteiger partial charge on any atom is 0.417 e. The summed E-state index contributed by atoms with van der Waals surface area (Å²) in [5, 5.41) is 6.33. The number of hydrogen-bond donors (Lipinski definition) is 1. The van der Waals surface area contributed by atoms with Gasteiger partial charge in [0, 0.05) is 37.8 Å². The Labute approximate surface area is 175 Å². The van der Waals surface area contributed by atoms with Gasteiger partial charge in [0.1, 0.15) is 5.69 Å². The Balaban J connectivity index is 1.46. The third-order valence-electron chi connectivity index (χ3n) is 5.24. The number of H-pyrrole nitrogens is 1. The van der Waals surface area contributed by atoms with Crippen LogP contribution in [0.2, 0.25) is 5.02 Å². The highest BCUT2D eigenvalue weighted by molar-refractivity contribution is 7.89. The molecular formula is C18H18ClF3N4O3S. The van der Waals surface area contributed by atoms with Crippen LogP contribution in [-0.2, 0) is 16.2 Å². The van der Waals surface area contributed by atoms with E-state index >= 15 is 0 Å². The van der Waals surface area contributed by atoms with Crippen molar-refractivity contribution in [3.8, 4) is 0 Å². The number of nitrogens with one attached hydrogen (secondary N) is 1. The Morgan fingerprint density at radius 2 is 1.80 bits per heavy atom. The Morgan fingerprint density at radius 3 is 2.40 bits per heavy atom. The number of aromatic amines is 1. The Hall–Kier alpha value is -2.11. The van der Waals surface area contributed by atoms with E-state index in [1.807, 2.05) is 0 Å². The van der Waals surface area contributed by atoms with Crippen LogP contribution in [0.5, 0.6) is 0 Å². The van der Waals surface area contributed by atoms with E-state index in [0.29, 0.717) is 12.0 Å². The molecule has 2 aliphatic rings. The molecule has 2 fully saturated rings. The molecule has 1 saturated heterocycles. The predicted octanol–water partition coefficient (Wildman–Crippen LogP) is 3.11. The van der Waals surface area contributed by atoms with E-state index in [-0.39, 0.29) is 37.8 Å². The molecule has 4 rings (SSSR count). The summed E-state index contributed by atoms with van der Waals surface area (Å²) in [5.41, 5.74) is -0.00690. The minimum atomic E-state index is -4.77. The molecule has 2 heterocycles. The standard InChI is InChI=1S/C18H18ClF3N4O3S/c19-14-4-3-12(9-13(14)18(20,21)22)30(28,29)26-7-5-25(6-8-26)17(27)16-10-15(23-24-16)11-1-2-11/h3-4,9-11H,1-2,5-8H2,(H,23,24). The second kappa shape index (κ2) is 7.54. The molecule has 1 aliphatic carbocycles. The van der Waals surface area contributed by atoms with E-state index in [9.17, 15) is 26.4 Å². The maximum atomic E-state index is 13.1. The number of halogens is 4. The van der Waals surface area contributed by atoms with Gasteiger partial charge >= 0.3 is 6.18 Å². The fourth-order valence-electron chi connectivity index (χ4n) is 3.37. The topological polar surface area (TPSA) is 86.4 Å². The normalized spacial score (nSPS) is 18.6. The van der Waals surface area contributed by atoms with Gasteiger partial charge < -0.3 is 4.90 Å². The van der Waals surface area contributed by atoms with Crippen LogP contribution in [0.15, 0.2) is 29.2 Å². The van der Waals surface area contributed by atoms with Crippen LogP contribution >= 0.6 is 11.6 Å². The van der Waals surface area contributed by atoms with Crippen molar-refractivity contribution >= 4 is 27.5 Å². The molecule has 30 heavy (non-hydrogen) atoms. The van der Waals surface area contributed by atoms with Crippen LogP contribution in [0.1, 0.15) is 40.5 Å². The van der Waals surface area contributed by atoms with Gasteiger partial charge in [0.15, 0.2) is 0 Å². The van der Waals surface area contributed by atoms with Crippen molar-refractivity contribution in [2.45, 2.75) is 29.8 Å². The molecule has 0 atom stereocenters. The first-order valence-corrected chi connectivity index (χ1v) is 11.1. The summed E-state index contributed by atoms with van der Waals surface area (Å²) in [6.07, 6.45) is -2.64. The highest BCUT2D eigenvalue weighted by atomic mass is 35.5. The minimum Gasteiger partial charge on any atom is -0.335 e. The molecule has 12 heteroatoms. The zero-order chi connectivity index (χ0) is 21.7. The molecule has 1 aliphatic heterocycles. The first kappa shape index (κ1) is 21.1. The molecule has 1 aromatic carbocycles. The maximum absolute atomic E-state index is 13.1. The zero-order valence-corrected chi connectivity index (χ0v) is 17.2. The molecule has 0 spiro atoms. The van der Waals surface area contributed by atoms with Crippen LogP contribution in [0, 0.1) is 0 Å². The number of hydrogen-bond acceptors (Lipinski definition) is 4. The molecule has 1 saturated carbocycles. The SMILES string of the molecule is O=C(c1cc(C2CC2)[nH]n1)N1CCN(S(=O)(=O)c2ccc(Cl)c(C(F)(F)F)c2)CC1. The van der Waals surface area contributed by atoms with Gasteiger partial charge in [-0.1, -0.05) is 11.6 Å². The number of rotatable bonds is 4. The predicted molar refractivity (Wildman–Crippen MR) is 102 cm³/mol. The molecule has 1 aromatic heterocycles. The lowest BCUT2D eigenvalue weighted by Gasteiger charge is -2.33. The van der Waals surface area contributed by atoms with E-state index < -0.39 is 31.7 Å². The Bertz CT molecular complexity index is 1070. The van der Waals surface area contributed by atoms with Crippen molar-refractivity contribution in [2.75, 3.05) is 26.2 Å². The number of carbonyl (C=O) groups excluding carboxylic acids is 1. The monoisotopic (exact) mass is 462 g/mol. The fourth-order valence-corrected chi connectivity index (χ4v) is 5.05. The summed E-state index contributed by atoms with van der Waals surface area (Å²) in [6, 6.07) is 4.23. The largest absolute Gasteiger partial charge is 0.417 e. The first-order chi connectivity index (χ1) is 14.1. The molecular weight excluding hydrogens is 445 g/mol. The summed E-state index contributed by atoms with van der Waals surface area (Å²) in [7, 11) is -4.16. The van der Waals surface area contributed by atoms with Crippen molar-refractivity contribution in [3.63, 3.8) is 0 Å². The van der Waals surface area contributed by atoms with Gasteiger partial charge in [0.05, 0.1) is 15.5 Å². The Kier molecular flexibility index (Phi) is 5.31. The summed E-state index contributed by atoms with van der Waals surface area (Å²) in [5.74, 6) is 0.114. The number of aromatic nitrogens is 2. The Morgan fingerprint density at radius 1 is 1.13 bits per heavy atom. The lowest BCUT2D eigenvalue weighted by Crippen LogP contribution is -2.50. The van der Waals surface area contributed by atoms with Gasteiger partial charge in [-0.15, -0.1) is 0 Å². The van der Waals surface area contributed by atoms with Crippen LogP contribution < -0.4 is 0 Å². The average Bonchev–Trinajstić information content (AvgIpc) is 3.43. The summed E-state index contributed by atoms with van der Waals surface area (Å²) >= 11 is 5.57. The van der Waals surface area contributed by atoms with Gasteiger partial charge in [-0.05, 0) is 37.1 Å². The van der Waals surface area contributed by atoms with E-state index in [1.165, 1.54) is 4.90 Å². The molecule has 0 radical (unpaired) electrons. The zero-order valence-electron chi connectivity index (χ0n) is 15.6. The number of benzene rings is 1. The third kappa shape index (κ3) is 4.06. The number of sulfonamides is 1. The average molecular weight is 463 g/mol. The summed E-state index contributed by atoms with van der Waals surface area (Å²) in [4.78, 5) is 13.6. The second-order valence-electron chi connectivity index (χ2n) is 7.32. The van der Waals surface area contributed by atoms with Gasteiger partial charge in [0.2, 0.25) is 10.0 Å². The van der Waals surface area contributed by atoms with Crippen LogP contribution in [0.3, 0.4) is 0 Å². The summed E-state index contributed by atoms with van der Waals surface area (Å²) < 4.78 is 65.9. The first-order valence-electron chi connectivity index (χ1n) is 9.29. The van der Waals surface area contributed by atoms with E-state index in [4.69, 9.17) is 11.6 Å². The number of carbonyl (C=O) groups is 1. The number of piperazine rings is 1. The number of alkyl halides is 3. The lowest BCUT2D eigenvalue weighted by atomic mass is 10.2. The van der Waals surface area contributed by atoms with Crippen molar-refractivity contribution < 1.29 is 26.4 Å². The highest BCUT2D eigenvalue weighted by Gasteiger charge is 2.37. The summed E-state index contributed by atoms with van der Waals surface area (Å²) in [6.45, 7) is 0.169. The molecule has 7 nitrogen and oxygen atoms in total. The van der Waals surface area contributed by atoms with Crippen molar-refractivity contribution in [1.82, 2.24) is 19.4 Å². The van der Waals surface area contributed by atoms with E-state index in [2.05, 4.69) is 10.2 Å². The molecule has 2 aromatic rings. The van der Waals surface area contributed by atoms with Crippen molar-refractivity contribution in [3.05, 3.63) is 46.2 Å². The van der Waals surface area contributed by atoms with Gasteiger partial charge in [0.25, 0.3) is 5.91 Å². The van der Waals surface area contributed by atoms with Gasteiger partial charge in [-0.2, -0.15) is 22.6 Å². The van der Waals surface area contributed by atoms with E-state index in [0.717, 1.165) is 35.0 Å². The van der Waals surface area contributed by atoms with Crippen molar-refractivity contribution in [1.29, 1.82) is 0 Å². The minimum absolute atomic E-state index is 0.0298. The number of nitrogens with zero attached hydrogens (tertiary/aromatic N) is 3. The smallest absolute Gasteiger partial charge is 0.335 e. The van der Waals surface area contributed by atoms with Gasteiger partial charge in [-0.3, -0.25) is 9.89 Å². The molecule has 0 bridgehead atoms. The second-order valence-corrected chi connectivity index (χ2v) is 9.66. The van der Waals surface area contributed by atoms with Crippen LogP contribution in [0.4, 0.5) is 13.2 Å².